The van der Waals surface area contributed by atoms with E-state index in [0.717, 1.165) is 72.5 Å². The number of imidazole rings is 1. The van der Waals surface area contributed by atoms with Crippen molar-refractivity contribution in [1.82, 2.24) is 14.4 Å². The molecule has 0 unspecified atom stereocenters. The van der Waals surface area contributed by atoms with Crippen molar-refractivity contribution in [2.75, 3.05) is 0 Å². The molecule has 0 bridgehead atoms. The van der Waals surface area contributed by atoms with Crippen molar-refractivity contribution in [3.8, 4) is 50.5 Å². The smallest absolute Gasteiger partial charge is 0.145 e. The zero-order chi connectivity index (χ0) is 28.2. The lowest BCUT2D eigenvalue weighted by Crippen LogP contribution is -1.91. The number of benzene rings is 4. The molecule has 0 aliphatic heterocycles. The Morgan fingerprint density at radius 1 is 0.667 bits per heavy atom. The number of hydrogen-bond donors (Lipinski definition) is 1. The lowest BCUT2D eigenvalue weighted by atomic mass is 9.98. The van der Waals surface area contributed by atoms with Crippen LogP contribution >= 0.6 is 0 Å². The maximum absolute atomic E-state index is 11.1. The number of para-hydroxylation sites is 1. The Hall–Kier alpha value is -5.68. The highest BCUT2D eigenvalue weighted by atomic mass is 16.3. The fraction of sp³-hybridized carbons (Fsp3) is 0.0270. The molecule has 5 nitrogen and oxygen atoms in total. The summed E-state index contributed by atoms with van der Waals surface area (Å²) in [5, 5.41) is 13.2. The first-order chi connectivity index (χ1) is 20.7. The molecule has 8 aromatic rings. The number of phenols is 1. The SMILES string of the molecule is Cc1c(-c2ccc(-c3ccccc3)cc2O)nc2c(-c3cc(-c4ccccn4)c4oc5ccccc5c4c3)cccn12. The summed E-state index contributed by atoms with van der Waals surface area (Å²) in [5.41, 5.74) is 10.7. The van der Waals surface area contributed by atoms with Crippen molar-refractivity contribution in [3.63, 3.8) is 0 Å². The number of pyridine rings is 2. The van der Waals surface area contributed by atoms with E-state index >= 15 is 0 Å². The van der Waals surface area contributed by atoms with Gasteiger partial charge in [-0.15, -0.1) is 0 Å². The Bertz CT molecular complexity index is 2260. The molecule has 0 spiro atoms. The molecule has 42 heavy (non-hydrogen) atoms. The normalized spacial score (nSPS) is 11.5. The highest BCUT2D eigenvalue weighted by Crippen LogP contribution is 2.41. The number of furan rings is 1. The van der Waals surface area contributed by atoms with Gasteiger partial charge in [0.15, 0.2) is 0 Å². The predicted molar refractivity (Wildman–Crippen MR) is 168 cm³/mol. The van der Waals surface area contributed by atoms with Crippen LogP contribution in [-0.4, -0.2) is 19.5 Å². The molecule has 4 aromatic carbocycles. The Labute approximate surface area is 242 Å². The number of aryl methyl sites for hydroxylation is 1. The van der Waals surface area contributed by atoms with E-state index in [2.05, 4.69) is 33.7 Å². The van der Waals surface area contributed by atoms with Crippen LogP contribution < -0.4 is 0 Å². The molecule has 5 heteroatoms. The minimum atomic E-state index is 0.202. The lowest BCUT2D eigenvalue weighted by molar-refractivity contribution is 0.477. The van der Waals surface area contributed by atoms with Gasteiger partial charge in [0.05, 0.1) is 11.4 Å². The molecule has 0 amide bonds. The third-order valence-electron chi connectivity index (χ3n) is 7.98. The van der Waals surface area contributed by atoms with Crippen molar-refractivity contribution in [2.24, 2.45) is 0 Å². The van der Waals surface area contributed by atoms with Gasteiger partial charge in [-0.25, -0.2) is 4.98 Å². The number of aromatic nitrogens is 3. The van der Waals surface area contributed by atoms with Crippen LogP contribution in [0.15, 0.2) is 132 Å². The van der Waals surface area contributed by atoms with Gasteiger partial charge in [0.2, 0.25) is 0 Å². The number of fused-ring (bicyclic) bond motifs is 4. The first-order valence-corrected chi connectivity index (χ1v) is 13.9. The topological polar surface area (TPSA) is 63.6 Å². The van der Waals surface area contributed by atoms with Crippen molar-refractivity contribution in [2.45, 2.75) is 6.92 Å². The molecular weight excluding hydrogens is 518 g/mol. The molecular formula is C37H25N3O2. The van der Waals surface area contributed by atoms with Crippen LogP contribution in [0.2, 0.25) is 0 Å². The van der Waals surface area contributed by atoms with E-state index in [-0.39, 0.29) is 5.75 Å². The summed E-state index contributed by atoms with van der Waals surface area (Å²) >= 11 is 0. The van der Waals surface area contributed by atoms with Gasteiger partial charge in [-0.05, 0) is 78.2 Å². The van der Waals surface area contributed by atoms with E-state index in [9.17, 15) is 5.11 Å². The third kappa shape index (κ3) is 3.79. The molecule has 1 N–H and O–H groups in total. The molecule has 0 fully saturated rings. The Balaban J connectivity index is 1.33. The zero-order valence-electron chi connectivity index (χ0n) is 22.8. The van der Waals surface area contributed by atoms with Crippen LogP contribution in [0.5, 0.6) is 5.75 Å². The molecule has 0 radical (unpaired) electrons. The van der Waals surface area contributed by atoms with Crippen molar-refractivity contribution in [3.05, 3.63) is 133 Å². The average Bonchev–Trinajstić information content (AvgIpc) is 3.59. The fourth-order valence-electron chi connectivity index (χ4n) is 5.90. The highest BCUT2D eigenvalue weighted by molar-refractivity contribution is 6.11. The van der Waals surface area contributed by atoms with Crippen LogP contribution in [0.3, 0.4) is 0 Å². The molecule has 0 aliphatic rings. The second-order valence-corrected chi connectivity index (χ2v) is 10.5. The highest BCUT2D eigenvalue weighted by Gasteiger charge is 2.20. The van der Waals surface area contributed by atoms with Gasteiger partial charge in [0.25, 0.3) is 0 Å². The van der Waals surface area contributed by atoms with Crippen LogP contribution in [0.4, 0.5) is 0 Å². The van der Waals surface area contributed by atoms with E-state index < -0.39 is 0 Å². The fourth-order valence-corrected chi connectivity index (χ4v) is 5.90. The Morgan fingerprint density at radius 3 is 2.33 bits per heavy atom. The van der Waals surface area contributed by atoms with Gasteiger partial charge in [-0.3, -0.25) is 4.98 Å². The minimum Gasteiger partial charge on any atom is -0.507 e. The molecule has 0 saturated carbocycles. The molecule has 0 saturated heterocycles. The van der Waals surface area contributed by atoms with Gasteiger partial charge < -0.3 is 13.9 Å². The molecule has 4 heterocycles. The second kappa shape index (κ2) is 9.46. The maximum atomic E-state index is 11.1. The number of phenolic OH excluding ortho intramolecular Hbond substituents is 1. The van der Waals surface area contributed by atoms with Crippen LogP contribution in [-0.2, 0) is 0 Å². The van der Waals surface area contributed by atoms with Crippen molar-refractivity contribution >= 4 is 27.6 Å². The lowest BCUT2D eigenvalue weighted by Gasteiger charge is -2.09. The van der Waals surface area contributed by atoms with Crippen molar-refractivity contribution < 1.29 is 9.52 Å². The number of hydrogen-bond acceptors (Lipinski definition) is 4. The molecule has 0 aliphatic carbocycles. The summed E-state index contributed by atoms with van der Waals surface area (Å²) in [6.07, 6.45) is 3.82. The summed E-state index contributed by atoms with van der Waals surface area (Å²) in [4.78, 5) is 9.77. The van der Waals surface area contributed by atoms with Gasteiger partial charge in [-0.1, -0.05) is 60.7 Å². The minimum absolute atomic E-state index is 0.202. The van der Waals surface area contributed by atoms with Gasteiger partial charge in [0.1, 0.15) is 22.6 Å². The zero-order valence-corrected chi connectivity index (χ0v) is 22.8. The summed E-state index contributed by atoms with van der Waals surface area (Å²) in [6, 6.07) is 38.3. The summed E-state index contributed by atoms with van der Waals surface area (Å²) < 4.78 is 8.45. The third-order valence-corrected chi connectivity index (χ3v) is 7.98. The number of rotatable bonds is 4. The van der Waals surface area contributed by atoms with E-state index in [4.69, 9.17) is 9.40 Å². The van der Waals surface area contributed by atoms with Crippen molar-refractivity contribution in [1.29, 1.82) is 0 Å². The van der Waals surface area contributed by atoms with Gasteiger partial charge in [-0.2, -0.15) is 0 Å². The quantitative estimate of drug-likeness (QED) is 0.240. The molecule has 0 atom stereocenters. The van der Waals surface area contributed by atoms with Gasteiger partial charge >= 0.3 is 0 Å². The number of nitrogens with zero attached hydrogens (tertiary/aromatic N) is 3. The number of aromatic hydroxyl groups is 1. The summed E-state index contributed by atoms with van der Waals surface area (Å²) in [6.45, 7) is 2.04. The van der Waals surface area contributed by atoms with E-state index in [1.54, 1.807) is 6.20 Å². The predicted octanol–water partition coefficient (Wildman–Crippen LogP) is 9.31. The Morgan fingerprint density at radius 2 is 1.50 bits per heavy atom. The van der Waals surface area contributed by atoms with E-state index in [1.807, 2.05) is 104 Å². The maximum Gasteiger partial charge on any atom is 0.145 e. The average molecular weight is 544 g/mol. The molecule has 200 valence electrons. The van der Waals surface area contributed by atoms with E-state index in [1.165, 1.54) is 0 Å². The van der Waals surface area contributed by atoms with Gasteiger partial charge in [0, 0.05) is 45.6 Å². The molecule has 8 rings (SSSR count). The monoisotopic (exact) mass is 543 g/mol. The van der Waals surface area contributed by atoms with Crippen LogP contribution in [0.1, 0.15) is 5.69 Å². The van der Waals surface area contributed by atoms with Crippen LogP contribution in [0.25, 0.3) is 72.4 Å². The molecule has 4 aromatic heterocycles. The first kappa shape index (κ1) is 24.1. The first-order valence-electron chi connectivity index (χ1n) is 13.9. The standard InChI is InChI=1S/C37H25N3O2/c1-23-35(29-17-16-25(22-33(29)41)24-10-3-2-4-11-24)39-37-27(13-9-19-40(23)37)26-20-30-28-12-5-6-15-34(28)42-36(30)31(21-26)32-14-7-8-18-38-32/h2-22,41H,1H3. The summed E-state index contributed by atoms with van der Waals surface area (Å²) in [5.74, 6) is 0.202. The van der Waals surface area contributed by atoms with Crippen LogP contribution in [0, 0.1) is 6.92 Å². The second-order valence-electron chi connectivity index (χ2n) is 10.5. The van der Waals surface area contributed by atoms with E-state index in [0.29, 0.717) is 5.56 Å². The largest absolute Gasteiger partial charge is 0.507 e. The summed E-state index contributed by atoms with van der Waals surface area (Å²) in [7, 11) is 0. The Kier molecular flexibility index (Phi) is 5.44.